The summed E-state index contributed by atoms with van der Waals surface area (Å²) in [5.41, 5.74) is 6.21. The van der Waals surface area contributed by atoms with Crippen molar-refractivity contribution in [2.75, 3.05) is 19.0 Å². The van der Waals surface area contributed by atoms with Crippen LogP contribution >= 0.6 is 0 Å². The van der Waals surface area contributed by atoms with Crippen LogP contribution in [0.4, 0.5) is 5.82 Å². The van der Waals surface area contributed by atoms with Crippen LogP contribution in [-0.2, 0) is 4.74 Å². The lowest BCUT2D eigenvalue weighted by atomic mass is 9.68. The number of nitrogens with one attached hydrogen (secondary N) is 1. The lowest BCUT2D eigenvalue weighted by molar-refractivity contribution is -0.104. The van der Waals surface area contributed by atoms with E-state index < -0.39 is 0 Å². The average molecular weight is 249 g/mol. The van der Waals surface area contributed by atoms with Crippen molar-refractivity contribution in [1.29, 1.82) is 0 Å². The SMILES string of the molecule is COc1cccnc1NC1C(N)C2CCCOC21. The van der Waals surface area contributed by atoms with Gasteiger partial charge in [-0.25, -0.2) is 4.98 Å². The Morgan fingerprint density at radius 3 is 3.28 bits per heavy atom. The first-order valence-electron chi connectivity index (χ1n) is 6.44. The molecular weight excluding hydrogens is 230 g/mol. The molecule has 1 aromatic rings. The van der Waals surface area contributed by atoms with Gasteiger partial charge < -0.3 is 20.5 Å². The Bertz CT molecular complexity index is 426. The van der Waals surface area contributed by atoms with Crippen LogP contribution in [0.5, 0.6) is 5.75 Å². The lowest BCUT2D eigenvalue weighted by Crippen LogP contribution is -2.69. The molecule has 2 fully saturated rings. The molecule has 2 heterocycles. The van der Waals surface area contributed by atoms with E-state index in [1.54, 1.807) is 13.3 Å². The van der Waals surface area contributed by atoms with Gasteiger partial charge in [0, 0.05) is 24.8 Å². The Morgan fingerprint density at radius 2 is 2.44 bits per heavy atom. The Balaban J connectivity index is 1.73. The molecule has 5 nitrogen and oxygen atoms in total. The summed E-state index contributed by atoms with van der Waals surface area (Å²) in [6, 6.07) is 4.02. The predicted octanol–water partition coefficient (Wildman–Crippen LogP) is 1.01. The van der Waals surface area contributed by atoms with Crippen LogP contribution in [0.1, 0.15) is 12.8 Å². The van der Waals surface area contributed by atoms with E-state index in [1.165, 1.54) is 6.42 Å². The molecule has 3 N–H and O–H groups in total. The minimum Gasteiger partial charge on any atom is -0.493 e. The van der Waals surface area contributed by atoms with E-state index in [9.17, 15) is 0 Å². The molecule has 0 spiro atoms. The van der Waals surface area contributed by atoms with Gasteiger partial charge >= 0.3 is 0 Å². The van der Waals surface area contributed by atoms with Crippen LogP contribution in [0.2, 0.25) is 0 Å². The monoisotopic (exact) mass is 249 g/mol. The van der Waals surface area contributed by atoms with Crippen LogP contribution in [0.3, 0.4) is 0 Å². The zero-order valence-corrected chi connectivity index (χ0v) is 10.5. The number of nitrogens with two attached hydrogens (primary N) is 1. The number of hydrogen-bond donors (Lipinski definition) is 2. The van der Waals surface area contributed by atoms with Crippen molar-refractivity contribution in [3.8, 4) is 5.75 Å². The highest BCUT2D eigenvalue weighted by Gasteiger charge is 2.50. The Morgan fingerprint density at radius 1 is 1.56 bits per heavy atom. The molecule has 0 bridgehead atoms. The van der Waals surface area contributed by atoms with Gasteiger partial charge in [-0.1, -0.05) is 0 Å². The van der Waals surface area contributed by atoms with E-state index in [0.717, 1.165) is 24.6 Å². The second-order valence-corrected chi connectivity index (χ2v) is 4.94. The highest BCUT2D eigenvalue weighted by Crippen LogP contribution is 2.39. The topological polar surface area (TPSA) is 69.4 Å². The first-order chi connectivity index (χ1) is 8.81. The predicted molar refractivity (Wildman–Crippen MR) is 68.6 cm³/mol. The van der Waals surface area contributed by atoms with Gasteiger partial charge in [-0.2, -0.15) is 0 Å². The minimum absolute atomic E-state index is 0.138. The Hall–Kier alpha value is -1.33. The van der Waals surface area contributed by atoms with E-state index in [4.69, 9.17) is 15.2 Å². The van der Waals surface area contributed by atoms with Crippen molar-refractivity contribution in [3.63, 3.8) is 0 Å². The number of anilines is 1. The minimum atomic E-state index is 0.138. The third kappa shape index (κ3) is 1.83. The van der Waals surface area contributed by atoms with Crippen LogP contribution in [0.15, 0.2) is 18.3 Å². The van der Waals surface area contributed by atoms with Crippen molar-refractivity contribution < 1.29 is 9.47 Å². The summed E-state index contributed by atoms with van der Waals surface area (Å²) in [5.74, 6) is 1.97. The van der Waals surface area contributed by atoms with E-state index in [0.29, 0.717) is 5.92 Å². The number of aromatic nitrogens is 1. The van der Waals surface area contributed by atoms with Gasteiger partial charge in [-0.05, 0) is 25.0 Å². The molecule has 4 unspecified atom stereocenters. The van der Waals surface area contributed by atoms with Gasteiger partial charge in [-0.15, -0.1) is 0 Å². The quantitative estimate of drug-likeness (QED) is 0.836. The normalized spacial score (nSPS) is 34.3. The fourth-order valence-electron chi connectivity index (χ4n) is 2.95. The maximum atomic E-state index is 6.21. The molecule has 18 heavy (non-hydrogen) atoms. The average Bonchev–Trinajstić information content (AvgIpc) is 2.44. The van der Waals surface area contributed by atoms with Crippen molar-refractivity contribution >= 4 is 5.82 Å². The van der Waals surface area contributed by atoms with Crippen LogP contribution in [0, 0.1) is 5.92 Å². The van der Waals surface area contributed by atoms with Crippen LogP contribution in [-0.4, -0.2) is 36.9 Å². The maximum Gasteiger partial charge on any atom is 0.169 e. The highest BCUT2D eigenvalue weighted by molar-refractivity contribution is 5.51. The molecular formula is C13H19N3O2. The molecule has 2 aliphatic rings. The van der Waals surface area contributed by atoms with Gasteiger partial charge in [0.1, 0.15) is 0 Å². The van der Waals surface area contributed by atoms with Gasteiger partial charge in [0.05, 0.1) is 19.3 Å². The molecule has 1 aromatic heterocycles. The molecule has 0 amide bonds. The molecule has 1 saturated carbocycles. The van der Waals surface area contributed by atoms with Gasteiger partial charge in [0.15, 0.2) is 11.6 Å². The number of hydrogen-bond acceptors (Lipinski definition) is 5. The van der Waals surface area contributed by atoms with Crippen molar-refractivity contribution in [2.24, 2.45) is 11.7 Å². The maximum absolute atomic E-state index is 6.21. The Kier molecular flexibility index (Phi) is 3.09. The molecule has 4 atom stereocenters. The number of pyridine rings is 1. The molecule has 0 aromatic carbocycles. The summed E-state index contributed by atoms with van der Waals surface area (Å²) in [4.78, 5) is 4.30. The second-order valence-electron chi connectivity index (χ2n) is 4.94. The van der Waals surface area contributed by atoms with Gasteiger partial charge in [0.2, 0.25) is 0 Å². The number of nitrogens with zero attached hydrogens (tertiary/aromatic N) is 1. The largest absolute Gasteiger partial charge is 0.493 e. The molecule has 3 rings (SSSR count). The molecule has 1 aliphatic carbocycles. The summed E-state index contributed by atoms with van der Waals surface area (Å²) in [6.07, 6.45) is 4.26. The van der Waals surface area contributed by atoms with E-state index in [1.807, 2.05) is 12.1 Å². The summed E-state index contributed by atoms with van der Waals surface area (Å²) in [5, 5.41) is 3.36. The number of ether oxygens (including phenoxy) is 2. The van der Waals surface area contributed by atoms with Gasteiger partial charge in [-0.3, -0.25) is 0 Å². The van der Waals surface area contributed by atoms with Crippen LogP contribution < -0.4 is 15.8 Å². The fraction of sp³-hybridized carbons (Fsp3) is 0.615. The smallest absolute Gasteiger partial charge is 0.169 e. The summed E-state index contributed by atoms with van der Waals surface area (Å²) < 4.78 is 11.1. The number of rotatable bonds is 3. The lowest BCUT2D eigenvalue weighted by Gasteiger charge is -2.52. The van der Waals surface area contributed by atoms with E-state index in [-0.39, 0.29) is 18.2 Å². The zero-order chi connectivity index (χ0) is 12.5. The standard InChI is InChI=1S/C13H19N3O2/c1-17-9-5-2-6-15-13(9)16-11-10(14)8-4-3-7-18-12(8)11/h2,5-6,8,10-12H,3-4,7,14H2,1H3,(H,15,16). The first-order valence-corrected chi connectivity index (χ1v) is 6.44. The molecule has 1 saturated heterocycles. The Labute approximate surface area is 107 Å². The number of methoxy groups -OCH3 is 1. The molecule has 0 radical (unpaired) electrons. The fourth-order valence-corrected chi connectivity index (χ4v) is 2.95. The van der Waals surface area contributed by atoms with Crippen molar-refractivity contribution in [1.82, 2.24) is 4.98 Å². The summed E-state index contributed by atoms with van der Waals surface area (Å²) >= 11 is 0. The summed E-state index contributed by atoms with van der Waals surface area (Å²) in [7, 11) is 1.64. The van der Waals surface area contributed by atoms with Gasteiger partial charge in [0.25, 0.3) is 0 Å². The molecule has 5 heteroatoms. The zero-order valence-electron chi connectivity index (χ0n) is 10.5. The summed E-state index contributed by atoms with van der Waals surface area (Å²) in [6.45, 7) is 0.839. The van der Waals surface area contributed by atoms with Crippen molar-refractivity contribution in [3.05, 3.63) is 18.3 Å². The molecule has 1 aliphatic heterocycles. The third-order valence-electron chi connectivity index (χ3n) is 3.97. The van der Waals surface area contributed by atoms with E-state index >= 15 is 0 Å². The van der Waals surface area contributed by atoms with Crippen LogP contribution in [0.25, 0.3) is 0 Å². The second kappa shape index (κ2) is 4.74. The highest BCUT2D eigenvalue weighted by atomic mass is 16.5. The molecule has 98 valence electrons. The van der Waals surface area contributed by atoms with Crippen molar-refractivity contribution in [2.45, 2.75) is 31.0 Å². The first kappa shape index (κ1) is 11.7. The van der Waals surface area contributed by atoms with E-state index in [2.05, 4.69) is 10.3 Å². The third-order valence-corrected chi connectivity index (χ3v) is 3.97. The number of fused-ring (bicyclic) bond motifs is 1.